The molecule has 2 aromatic rings. The Bertz CT molecular complexity index is 1550. The molecule has 1 aliphatic heterocycles. The fraction of sp³-hybridized carbons (Fsp3) is 0.276. The molecule has 0 fully saturated rings. The SMILES string of the molecule is COC(=O)c1ccc(NC(=O)CCNC(C)=C2C(=O)C=C3Oc4c(C(C)=O)c(O)c(C)c(O)c4[C@@]3(C)C2=O)cc1. The number of carbonyl (C=O) groups excluding carboxylic acids is 5. The number of amides is 1. The first kappa shape index (κ1) is 28.1. The van der Waals surface area contributed by atoms with E-state index in [4.69, 9.17) is 4.74 Å². The molecule has 11 heteroatoms. The van der Waals surface area contributed by atoms with E-state index in [1.54, 1.807) is 12.1 Å². The van der Waals surface area contributed by atoms with Crippen molar-refractivity contribution >= 4 is 34.9 Å². The number of anilines is 1. The van der Waals surface area contributed by atoms with Gasteiger partial charge in [0.15, 0.2) is 17.3 Å². The lowest BCUT2D eigenvalue weighted by molar-refractivity contribution is -0.123. The Kier molecular flexibility index (Phi) is 7.25. The van der Waals surface area contributed by atoms with E-state index in [0.717, 1.165) is 6.08 Å². The van der Waals surface area contributed by atoms with Gasteiger partial charge in [-0.15, -0.1) is 0 Å². The van der Waals surface area contributed by atoms with Crippen LogP contribution in [0.5, 0.6) is 17.2 Å². The van der Waals surface area contributed by atoms with Gasteiger partial charge < -0.3 is 30.3 Å². The van der Waals surface area contributed by atoms with E-state index in [1.807, 2.05) is 0 Å². The molecule has 0 saturated carbocycles. The molecule has 0 bridgehead atoms. The van der Waals surface area contributed by atoms with E-state index < -0.39 is 40.2 Å². The fourth-order valence-corrected chi connectivity index (χ4v) is 4.85. The van der Waals surface area contributed by atoms with Crippen molar-refractivity contribution in [1.82, 2.24) is 5.32 Å². The van der Waals surface area contributed by atoms with Gasteiger partial charge in [-0.25, -0.2) is 4.79 Å². The van der Waals surface area contributed by atoms with Gasteiger partial charge in [-0.05, 0) is 52.0 Å². The molecule has 4 N–H and O–H groups in total. The van der Waals surface area contributed by atoms with E-state index >= 15 is 0 Å². The molecule has 2 aliphatic rings. The van der Waals surface area contributed by atoms with Crippen LogP contribution in [-0.2, 0) is 24.5 Å². The molecule has 11 nitrogen and oxygen atoms in total. The summed E-state index contributed by atoms with van der Waals surface area (Å²) in [6.45, 7) is 5.72. The number of rotatable bonds is 7. The number of allylic oxidation sites excluding steroid dienone is 4. The van der Waals surface area contributed by atoms with Crippen molar-refractivity contribution in [2.45, 2.75) is 39.5 Å². The van der Waals surface area contributed by atoms with E-state index in [2.05, 4.69) is 15.4 Å². The molecule has 208 valence electrons. The van der Waals surface area contributed by atoms with Gasteiger partial charge in [0, 0.05) is 36.0 Å². The van der Waals surface area contributed by atoms with Gasteiger partial charge in [-0.2, -0.15) is 0 Å². The first-order valence-corrected chi connectivity index (χ1v) is 12.3. The molecule has 0 aromatic heterocycles. The summed E-state index contributed by atoms with van der Waals surface area (Å²) in [4.78, 5) is 63.0. The fourth-order valence-electron chi connectivity index (χ4n) is 4.85. The van der Waals surface area contributed by atoms with Crippen molar-refractivity contribution in [3.05, 3.63) is 69.6 Å². The summed E-state index contributed by atoms with van der Waals surface area (Å²) < 4.78 is 10.4. The third-order valence-corrected chi connectivity index (χ3v) is 7.09. The summed E-state index contributed by atoms with van der Waals surface area (Å²) in [7, 11) is 1.27. The third-order valence-electron chi connectivity index (χ3n) is 7.09. The molecule has 2 aromatic carbocycles. The van der Waals surface area contributed by atoms with Crippen LogP contribution in [0, 0.1) is 6.92 Å². The van der Waals surface area contributed by atoms with Gasteiger partial charge in [-0.1, -0.05) is 0 Å². The topological polar surface area (TPSA) is 168 Å². The van der Waals surface area contributed by atoms with E-state index in [1.165, 1.54) is 46.9 Å². The van der Waals surface area contributed by atoms with Gasteiger partial charge in [0.2, 0.25) is 5.91 Å². The van der Waals surface area contributed by atoms with Gasteiger partial charge in [0.05, 0.1) is 23.8 Å². The lowest BCUT2D eigenvalue weighted by atomic mass is 9.70. The molecule has 0 saturated heterocycles. The number of methoxy groups -OCH3 is 1. The molecule has 0 spiro atoms. The lowest BCUT2D eigenvalue weighted by Crippen LogP contribution is -2.41. The van der Waals surface area contributed by atoms with Crippen LogP contribution in [0.3, 0.4) is 0 Å². The van der Waals surface area contributed by atoms with Gasteiger partial charge in [0.1, 0.15) is 34.0 Å². The predicted molar refractivity (Wildman–Crippen MR) is 142 cm³/mol. The zero-order valence-corrected chi connectivity index (χ0v) is 22.6. The number of benzene rings is 2. The Labute approximate surface area is 229 Å². The highest BCUT2D eigenvalue weighted by atomic mass is 16.5. The lowest BCUT2D eigenvalue weighted by Gasteiger charge is -2.29. The number of Topliss-reactive ketones (excluding diaryl/α,β-unsaturated/α-hetero) is 2. The maximum atomic E-state index is 13.8. The monoisotopic (exact) mass is 548 g/mol. The normalized spacial score (nSPS) is 18.7. The number of hydrogen-bond donors (Lipinski definition) is 4. The zero-order chi connectivity index (χ0) is 29.5. The van der Waals surface area contributed by atoms with E-state index in [-0.39, 0.29) is 58.3 Å². The highest BCUT2D eigenvalue weighted by Gasteiger charge is 2.56. The average molecular weight is 549 g/mol. The summed E-state index contributed by atoms with van der Waals surface area (Å²) in [6, 6.07) is 6.15. The van der Waals surface area contributed by atoms with Crippen molar-refractivity contribution in [3.63, 3.8) is 0 Å². The van der Waals surface area contributed by atoms with Crippen molar-refractivity contribution < 1.29 is 43.7 Å². The molecular weight excluding hydrogens is 520 g/mol. The summed E-state index contributed by atoms with van der Waals surface area (Å²) in [5.74, 6) is -3.78. The highest BCUT2D eigenvalue weighted by molar-refractivity contribution is 6.31. The number of esters is 1. The minimum Gasteiger partial charge on any atom is -0.507 e. The van der Waals surface area contributed by atoms with Crippen molar-refractivity contribution in [2.24, 2.45) is 0 Å². The molecule has 1 atom stereocenters. The number of carbonyl (C=O) groups is 5. The smallest absolute Gasteiger partial charge is 0.337 e. The largest absolute Gasteiger partial charge is 0.507 e. The van der Waals surface area contributed by atoms with Crippen molar-refractivity contribution in [2.75, 3.05) is 19.0 Å². The second-order valence-corrected chi connectivity index (χ2v) is 9.68. The molecule has 40 heavy (non-hydrogen) atoms. The quantitative estimate of drug-likeness (QED) is 0.175. The van der Waals surface area contributed by atoms with Crippen LogP contribution in [0.15, 0.2) is 47.4 Å². The van der Waals surface area contributed by atoms with Crippen LogP contribution in [-0.4, -0.2) is 53.1 Å². The standard InChI is InChI=1S/C29H28N2O9/c1-13-24(35)22(15(3)32)26-23(25(13)36)29(4)19(40-26)12-18(33)21(27(29)37)14(2)30-11-10-20(34)31-17-8-6-16(7-9-17)28(38)39-5/h6-9,12,30,35-36H,10-11H2,1-5H3,(H,31,34)/t29-/m0/s1. The Hall–Kier alpha value is -4.93. The Morgan fingerprint density at radius 2 is 1.70 bits per heavy atom. The van der Waals surface area contributed by atoms with Crippen LogP contribution >= 0.6 is 0 Å². The van der Waals surface area contributed by atoms with Crippen molar-refractivity contribution in [1.29, 1.82) is 0 Å². The third kappa shape index (κ3) is 4.49. The predicted octanol–water partition coefficient (Wildman–Crippen LogP) is 2.97. The molecule has 0 radical (unpaired) electrons. The second-order valence-electron chi connectivity index (χ2n) is 9.68. The number of fused-ring (bicyclic) bond motifs is 3. The van der Waals surface area contributed by atoms with Crippen LogP contribution in [0.1, 0.15) is 59.0 Å². The Morgan fingerprint density at radius 1 is 1.05 bits per heavy atom. The zero-order valence-electron chi connectivity index (χ0n) is 22.6. The van der Waals surface area contributed by atoms with Gasteiger partial charge in [-0.3, -0.25) is 19.2 Å². The summed E-state index contributed by atoms with van der Waals surface area (Å²) in [5.41, 5.74) is -0.957. The molecule has 0 unspecified atom stereocenters. The van der Waals surface area contributed by atoms with Gasteiger partial charge >= 0.3 is 5.97 Å². The average Bonchev–Trinajstić information content (AvgIpc) is 3.20. The van der Waals surface area contributed by atoms with Crippen LogP contribution in [0.4, 0.5) is 5.69 Å². The molecule has 4 rings (SSSR count). The second kappa shape index (κ2) is 10.3. The number of ether oxygens (including phenoxy) is 2. The first-order chi connectivity index (χ1) is 18.8. The number of ketones is 3. The van der Waals surface area contributed by atoms with Crippen LogP contribution < -0.4 is 15.4 Å². The Morgan fingerprint density at radius 3 is 2.30 bits per heavy atom. The maximum absolute atomic E-state index is 13.8. The summed E-state index contributed by atoms with van der Waals surface area (Å²) in [6.07, 6.45) is 1.12. The van der Waals surface area contributed by atoms with Crippen molar-refractivity contribution in [3.8, 4) is 17.2 Å². The van der Waals surface area contributed by atoms with E-state index in [0.29, 0.717) is 11.3 Å². The minimum atomic E-state index is -1.62. The number of nitrogens with one attached hydrogen (secondary N) is 2. The summed E-state index contributed by atoms with van der Waals surface area (Å²) in [5, 5.41) is 27.0. The number of aromatic hydroxyl groups is 2. The first-order valence-electron chi connectivity index (χ1n) is 12.3. The maximum Gasteiger partial charge on any atom is 0.337 e. The number of phenols is 2. The minimum absolute atomic E-state index is 0.000328. The summed E-state index contributed by atoms with van der Waals surface area (Å²) >= 11 is 0. The number of hydrogen-bond acceptors (Lipinski definition) is 10. The number of phenolic OH excluding ortho intramolecular Hbond substituents is 2. The van der Waals surface area contributed by atoms with Crippen LogP contribution in [0.2, 0.25) is 0 Å². The van der Waals surface area contributed by atoms with Crippen LogP contribution in [0.25, 0.3) is 0 Å². The molecule has 1 amide bonds. The van der Waals surface area contributed by atoms with E-state index in [9.17, 15) is 34.2 Å². The molecular formula is C29H28N2O9. The highest BCUT2D eigenvalue weighted by Crippen LogP contribution is 2.57. The Balaban J connectivity index is 1.54. The molecule has 1 aliphatic carbocycles. The van der Waals surface area contributed by atoms with Gasteiger partial charge in [0.25, 0.3) is 0 Å². The molecule has 1 heterocycles.